The molecular weight excluding hydrogens is 290 g/mol. The first-order valence-electron chi connectivity index (χ1n) is 7.89. The Kier molecular flexibility index (Phi) is 4.41. The van der Waals surface area contributed by atoms with Gasteiger partial charge < -0.3 is 10.6 Å². The SMILES string of the molecule is CC(C)c1ccccc1Nc1ccc(NC(=O)NC2CC2)nn1. The van der Waals surface area contributed by atoms with Gasteiger partial charge in [-0.15, -0.1) is 10.2 Å². The lowest BCUT2D eigenvalue weighted by molar-refractivity contribution is 0.251. The van der Waals surface area contributed by atoms with Crippen molar-refractivity contribution >= 4 is 23.4 Å². The number of nitrogens with one attached hydrogen (secondary N) is 3. The average molecular weight is 311 g/mol. The van der Waals surface area contributed by atoms with Crippen LogP contribution in [0.4, 0.5) is 22.1 Å². The maximum atomic E-state index is 11.7. The van der Waals surface area contributed by atoms with E-state index in [1.165, 1.54) is 5.56 Å². The fraction of sp³-hybridized carbons (Fsp3) is 0.353. The Morgan fingerprint density at radius 3 is 2.43 bits per heavy atom. The highest BCUT2D eigenvalue weighted by Gasteiger charge is 2.23. The minimum absolute atomic E-state index is 0.229. The molecule has 1 aromatic heterocycles. The van der Waals surface area contributed by atoms with E-state index in [0.717, 1.165) is 18.5 Å². The molecule has 6 heteroatoms. The lowest BCUT2D eigenvalue weighted by Gasteiger charge is -2.13. The van der Waals surface area contributed by atoms with Crippen LogP contribution in [-0.4, -0.2) is 22.3 Å². The number of anilines is 3. The summed E-state index contributed by atoms with van der Waals surface area (Å²) in [6, 6.07) is 11.8. The maximum absolute atomic E-state index is 11.7. The Hall–Kier alpha value is -2.63. The molecule has 0 atom stereocenters. The largest absolute Gasteiger partial charge is 0.338 e. The zero-order chi connectivity index (χ0) is 16.2. The zero-order valence-electron chi connectivity index (χ0n) is 13.3. The van der Waals surface area contributed by atoms with Crippen molar-refractivity contribution in [3.63, 3.8) is 0 Å². The fourth-order valence-electron chi connectivity index (χ4n) is 2.28. The number of hydrogen-bond donors (Lipinski definition) is 3. The number of hydrogen-bond acceptors (Lipinski definition) is 4. The van der Waals surface area contributed by atoms with Crippen molar-refractivity contribution in [2.24, 2.45) is 0 Å². The molecule has 0 aliphatic heterocycles. The summed E-state index contributed by atoms with van der Waals surface area (Å²) in [5.74, 6) is 1.50. The van der Waals surface area contributed by atoms with E-state index in [1.807, 2.05) is 18.2 Å². The highest BCUT2D eigenvalue weighted by molar-refractivity contribution is 5.88. The predicted octanol–water partition coefficient (Wildman–Crippen LogP) is 3.63. The molecule has 6 nitrogen and oxygen atoms in total. The zero-order valence-corrected chi connectivity index (χ0v) is 13.3. The van der Waals surface area contributed by atoms with Crippen molar-refractivity contribution in [2.45, 2.75) is 38.6 Å². The lowest BCUT2D eigenvalue weighted by atomic mass is 10.0. The van der Waals surface area contributed by atoms with Gasteiger partial charge in [-0.3, -0.25) is 5.32 Å². The topological polar surface area (TPSA) is 78.9 Å². The summed E-state index contributed by atoms with van der Waals surface area (Å²) in [4.78, 5) is 11.7. The average Bonchev–Trinajstić information content (AvgIpc) is 3.33. The summed E-state index contributed by atoms with van der Waals surface area (Å²) in [5, 5.41) is 17.0. The Morgan fingerprint density at radius 2 is 1.78 bits per heavy atom. The van der Waals surface area contributed by atoms with Crippen molar-refractivity contribution in [3.05, 3.63) is 42.0 Å². The minimum Gasteiger partial charge on any atom is -0.338 e. The molecule has 2 amide bonds. The molecule has 1 saturated carbocycles. The van der Waals surface area contributed by atoms with E-state index in [9.17, 15) is 4.79 Å². The third-order valence-corrected chi connectivity index (χ3v) is 3.66. The maximum Gasteiger partial charge on any atom is 0.320 e. The Labute approximate surface area is 135 Å². The second-order valence-electron chi connectivity index (χ2n) is 6.04. The Balaban J connectivity index is 1.64. The number of rotatable bonds is 5. The van der Waals surface area contributed by atoms with Crippen LogP contribution in [0.5, 0.6) is 0 Å². The molecule has 0 unspecified atom stereocenters. The molecule has 1 aliphatic rings. The van der Waals surface area contributed by atoms with Gasteiger partial charge in [0.2, 0.25) is 0 Å². The monoisotopic (exact) mass is 311 g/mol. The molecule has 1 aliphatic carbocycles. The summed E-state index contributed by atoms with van der Waals surface area (Å²) in [5.41, 5.74) is 2.24. The molecule has 0 radical (unpaired) electrons. The van der Waals surface area contributed by atoms with Crippen LogP contribution >= 0.6 is 0 Å². The van der Waals surface area contributed by atoms with E-state index in [1.54, 1.807) is 12.1 Å². The fourth-order valence-corrected chi connectivity index (χ4v) is 2.28. The van der Waals surface area contributed by atoms with E-state index in [4.69, 9.17) is 0 Å². The number of carbonyl (C=O) groups excluding carboxylic acids is 1. The number of benzene rings is 1. The summed E-state index contributed by atoms with van der Waals surface area (Å²) in [7, 11) is 0. The van der Waals surface area contributed by atoms with Crippen LogP contribution in [0.1, 0.15) is 38.2 Å². The molecule has 23 heavy (non-hydrogen) atoms. The van der Waals surface area contributed by atoms with Crippen molar-refractivity contribution in [2.75, 3.05) is 10.6 Å². The first kappa shape index (κ1) is 15.3. The van der Waals surface area contributed by atoms with Crippen molar-refractivity contribution < 1.29 is 4.79 Å². The number of aromatic nitrogens is 2. The summed E-state index contributed by atoms with van der Waals surface area (Å²) in [6.45, 7) is 4.30. The molecule has 0 bridgehead atoms. The standard InChI is InChI=1S/C17H21N5O/c1-11(2)13-5-3-4-6-14(13)19-15-9-10-16(22-21-15)20-17(23)18-12-7-8-12/h3-6,9-12H,7-8H2,1-2H3,(H,19,21)(H2,18,20,22,23). The van der Waals surface area contributed by atoms with E-state index in [2.05, 4.69) is 46.1 Å². The molecule has 2 aromatic rings. The van der Waals surface area contributed by atoms with Crippen LogP contribution in [0.3, 0.4) is 0 Å². The molecule has 3 N–H and O–H groups in total. The smallest absolute Gasteiger partial charge is 0.320 e. The minimum atomic E-state index is -0.229. The van der Waals surface area contributed by atoms with Gasteiger partial charge in [-0.25, -0.2) is 4.79 Å². The van der Waals surface area contributed by atoms with Gasteiger partial charge in [0.1, 0.15) is 0 Å². The molecule has 1 heterocycles. The van der Waals surface area contributed by atoms with Crippen molar-refractivity contribution in [1.29, 1.82) is 0 Å². The highest BCUT2D eigenvalue weighted by Crippen LogP contribution is 2.26. The molecule has 0 spiro atoms. The second-order valence-corrected chi connectivity index (χ2v) is 6.04. The number of nitrogens with zero attached hydrogens (tertiary/aromatic N) is 2. The van der Waals surface area contributed by atoms with Crippen molar-refractivity contribution in [3.8, 4) is 0 Å². The third kappa shape index (κ3) is 4.18. The van der Waals surface area contributed by atoms with Crippen LogP contribution < -0.4 is 16.0 Å². The number of amides is 2. The number of carbonyl (C=O) groups is 1. The predicted molar refractivity (Wildman–Crippen MR) is 91.0 cm³/mol. The van der Waals surface area contributed by atoms with Gasteiger partial charge in [-0.05, 0) is 42.5 Å². The van der Waals surface area contributed by atoms with Gasteiger partial charge in [0.15, 0.2) is 11.6 Å². The van der Waals surface area contributed by atoms with Gasteiger partial charge in [-0.2, -0.15) is 0 Å². The Morgan fingerprint density at radius 1 is 1.09 bits per heavy atom. The molecular formula is C17H21N5O. The van der Waals surface area contributed by atoms with Gasteiger partial charge in [0.05, 0.1) is 0 Å². The van der Waals surface area contributed by atoms with Crippen LogP contribution in [0, 0.1) is 0 Å². The van der Waals surface area contributed by atoms with Crippen LogP contribution in [0.15, 0.2) is 36.4 Å². The Bertz CT molecular complexity index is 680. The van der Waals surface area contributed by atoms with Crippen LogP contribution in [-0.2, 0) is 0 Å². The molecule has 120 valence electrons. The molecule has 1 fully saturated rings. The first-order valence-corrected chi connectivity index (χ1v) is 7.89. The third-order valence-electron chi connectivity index (χ3n) is 3.66. The highest BCUT2D eigenvalue weighted by atomic mass is 16.2. The molecule has 3 rings (SSSR count). The van der Waals surface area contributed by atoms with Gasteiger partial charge in [0.25, 0.3) is 0 Å². The second kappa shape index (κ2) is 6.64. The van der Waals surface area contributed by atoms with Crippen LogP contribution in [0.25, 0.3) is 0 Å². The van der Waals surface area contributed by atoms with E-state index >= 15 is 0 Å². The van der Waals surface area contributed by atoms with Crippen LogP contribution in [0.2, 0.25) is 0 Å². The summed E-state index contributed by atoms with van der Waals surface area (Å²) >= 11 is 0. The van der Waals surface area contributed by atoms with E-state index < -0.39 is 0 Å². The summed E-state index contributed by atoms with van der Waals surface area (Å²) in [6.07, 6.45) is 2.11. The lowest BCUT2D eigenvalue weighted by Crippen LogP contribution is -2.30. The van der Waals surface area contributed by atoms with Gasteiger partial charge >= 0.3 is 6.03 Å². The molecule has 1 aromatic carbocycles. The summed E-state index contributed by atoms with van der Waals surface area (Å²) < 4.78 is 0. The van der Waals surface area contributed by atoms with E-state index in [-0.39, 0.29) is 6.03 Å². The number of para-hydroxylation sites is 1. The number of urea groups is 1. The normalized spacial score (nSPS) is 13.7. The van der Waals surface area contributed by atoms with Gasteiger partial charge in [-0.1, -0.05) is 32.0 Å². The van der Waals surface area contributed by atoms with E-state index in [0.29, 0.717) is 23.6 Å². The molecule has 0 saturated heterocycles. The first-order chi connectivity index (χ1) is 11.1. The van der Waals surface area contributed by atoms with Gasteiger partial charge in [0, 0.05) is 11.7 Å². The quantitative estimate of drug-likeness (QED) is 0.788. The van der Waals surface area contributed by atoms with Crippen molar-refractivity contribution in [1.82, 2.24) is 15.5 Å².